The number of thioether (sulfide) groups is 1. The third-order valence-corrected chi connectivity index (χ3v) is 5.20. The van der Waals surface area contributed by atoms with Gasteiger partial charge in [-0.25, -0.2) is 0 Å². The molecule has 1 heterocycles. The third kappa shape index (κ3) is 3.05. The van der Waals surface area contributed by atoms with Crippen molar-refractivity contribution in [2.24, 2.45) is 7.05 Å². The molecule has 21 heavy (non-hydrogen) atoms. The lowest BCUT2D eigenvalue weighted by molar-refractivity contribution is 0.0928. The van der Waals surface area contributed by atoms with Crippen molar-refractivity contribution in [2.45, 2.75) is 18.2 Å². The smallest absolute Gasteiger partial charge is 0.269 e. The first kappa shape index (κ1) is 16.2. The number of para-hydroxylation sites is 1. The first-order chi connectivity index (χ1) is 10.0. The van der Waals surface area contributed by atoms with E-state index < -0.39 is 0 Å². The summed E-state index contributed by atoms with van der Waals surface area (Å²) in [5.74, 6) is -0.223. The van der Waals surface area contributed by atoms with Gasteiger partial charge in [-0.1, -0.05) is 29.8 Å². The second-order valence-corrected chi connectivity index (χ2v) is 6.41. The van der Waals surface area contributed by atoms with E-state index in [4.69, 9.17) is 11.6 Å². The lowest BCUT2D eigenvalue weighted by atomic mass is 10.2. The van der Waals surface area contributed by atoms with E-state index in [0.717, 1.165) is 10.9 Å². The molecule has 4 nitrogen and oxygen atoms in total. The van der Waals surface area contributed by atoms with Gasteiger partial charge < -0.3 is 15.0 Å². The van der Waals surface area contributed by atoms with E-state index in [0.29, 0.717) is 10.7 Å². The molecule has 2 N–H and O–H groups in total. The minimum atomic E-state index is -0.223. The van der Waals surface area contributed by atoms with Gasteiger partial charge >= 0.3 is 0 Å². The summed E-state index contributed by atoms with van der Waals surface area (Å²) in [5, 5.41) is 13.5. The molecule has 6 heteroatoms. The van der Waals surface area contributed by atoms with E-state index in [-0.39, 0.29) is 23.8 Å². The van der Waals surface area contributed by atoms with Crippen LogP contribution in [-0.4, -0.2) is 39.7 Å². The Kier molecular flexibility index (Phi) is 5.19. The van der Waals surface area contributed by atoms with Crippen molar-refractivity contribution in [2.75, 3.05) is 12.9 Å². The molecule has 2 atom stereocenters. The first-order valence-electron chi connectivity index (χ1n) is 6.68. The fourth-order valence-corrected chi connectivity index (χ4v) is 3.40. The maximum atomic E-state index is 12.5. The van der Waals surface area contributed by atoms with E-state index in [9.17, 15) is 9.90 Å². The average Bonchev–Trinajstić information content (AvgIpc) is 2.72. The summed E-state index contributed by atoms with van der Waals surface area (Å²) >= 11 is 7.88. The van der Waals surface area contributed by atoms with Crippen molar-refractivity contribution in [3.63, 3.8) is 0 Å². The van der Waals surface area contributed by atoms with Crippen LogP contribution in [0.2, 0.25) is 5.02 Å². The van der Waals surface area contributed by atoms with E-state index >= 15 is 0 Å². The quantitative estimate of drug-likeness (QED) is 0.888. The molecule has 2 rings (SSSR count). The number of benzene rings is 1. The fourth-order valence-electron chi connectivity index (χ4n) is 2.40. The molecular formula is C15H19ClN2O2S. The van der Waals surface area contributed by atoms with Crippen molar-refractivity contribution in [3.8, 4) is 0 Å². The largest absolute Gasteiger partial charge is 0.395 e. The van der Waals surface area contributed by atoms with Crippen molar-refractivity contribution in [1.82, 2.24) is 9.88 Å². The molecule has 0 saturated carbocycles. The maximum Gasteiger partial charge on any atom is 0.269 e. The van der Waals surface area contributed by atoms with Crippen LogP contribution in [0.1, 0.15) is 17.4 Å². The maximum absolute atomic E-state index is 12.5. The summed E-state index contributed by atoms with van der Waals surface area (Å²) in [7, 11) is 1.83. The average molecular weight is 327 g/mol. The summed E-state index contributed by atoms with van der Waals surface area (Å²) in [4.78, 5) is 12.5. The normalized spacial score (nSPS) is 14.1. The number of halogens is 1. The SMILES string of the molecule is CSC(CO)C(C)NC(=O)c1c(Cl)c2ccccc2n1C. The molecule has 0 spiro atoms. The first-order valence-corrected chi connectivity index (χ1v) is 8.35. The number of carbonyl (C=O) groups is 1. The van der Waals surface area contributed by atoms with Gasteiger partial charge in [0.2, 0.25) is 0 Å². The molecule has 0 saturated heterocycles. The van der Waals surface area contributed by atoms with Gasteiger partial charge in [0.1, 0.15) is 5.69 Å². The Labute approximate surface area is 133 Å². The number of hydrogen-bond acceptors (Lipinski definition) is 3. The van der Waals surface area contributed by atoms with Gasteiger partial charge in [-0.2, -0.15) is 11.8 Å². The molecule has 0 bridgehead atoms. The topological polar surface area (TPSA) is 54.3 Å². The Morgan fingerprint density at radius 1 is 1.48 bits per heavy atom. The van der Waals surface area contributed by atoms with Gasteiger partial charge in [-0.15, -0.1) is 0 Å². The number of rotatable bonds is 5. The predicted molar refractivity (Wildman–Crippen MR) is 89.2 cm³/mol. The Balaban J connectivity index is 2.32. The molecule has 0 aliphatic rings. The van der Waals surface area contributed by atoms with Crippen LogP contribution in [0, 0.1) is 0 Å². The molecule has 2 unspecified atom stereocenters. The van der Waals surface area contributed by atoms with Crippen LogP contribution in [0.15, 0.2) is 24.3 Å². The molecule has 1 amide bonds. The van der Waals surface area contributed by atoms with E-state index in [1.807, 2.05) is 44.5 Å². The van der Waals surface area contributed by atoms with Crippen LogP contribution in [0.3, 0.4) is 0 Å². The Morgan fingerprint density at radius 2 is 2.14 bits per heavy atom. The van der Waals surface area contributed by atoms with Crippen LogP contribution in [0.4, 0.5) is 0 Å². The van der Waals surface area contributed by atoms with E-state index in [1.165, 1.54) is 11.8 Å². The molecular weight excluding hydrogens is 308 g/mol. The summed E-state index contributed by atoms with van der Waals surface area (Å²) in [6.45, 7) is 1.90. The highest BCUT2D eigenvalue weighted by Gasteiger charge is 2.23. The fraction of sp³-hybridized carbons (Fsp3) is 0.400. The molecule has 1 aromatic carbocycles. The van der Waals surface area contributed by atoms with Crippen LogP contribution in [0.5, 0.6) is 0 Å². The van der Waals surface area contributed by atoms with Gasteiger partial charge in [0.15, 0.2) is 0 Å². The molecule has 0 fully saturated rings. The van der Waals surface area contributed by atoms with Gasteiger partial charge in [-0.05, 0) is 19.2 Å². The van der Waals surface area contributed by atoms with E-state index in [1.54, 1.807) is 4.57 Å². The van der Waals surface area contributed by atoms with Crippen LogP contribution >= 0.6 is 23.4 Å². The molecule has 0 aliphatic carbocycles. The Bertz CT molecular complexity index is 613. The zero-order valence-electron chi connectivity index (χ0n) is 12.3. The third-order valence-electron chi connectivity index (χ3n) is 3.66. The highest BCUT2D eigenvalue weighted by Crippen LogP contribution is 2.29. The summed E-state index contributed by atoms with van der Waals surface area (Å²) in [6.07, 6.45) is 1.91. The predicted octanol–water partition coefficient (Wildman–Crippen LogP) is 2.67. The Morgan fingerprint density at radius 3 is 2.71 bits per heavy atom. The zero-order valence-corrected chi connectivity index (χ0v) is 13.8. The molecule has 0 aliphatic heterocycles. The number of fused-ring (bicyclic) bond motifs is 1. The number of aryl methyl sites for hydroxylation is 1. The van der Waals surface area contributed by atoms with Crippen LogP contribution in [-0.2, 0) is 7.05 Å². The van der Waals surface area contributed by atoms with E-state index in [2.05, 4.69) is 5.32 Å². The molecule has 2 aromatic rings. The summed E-state index contributed by atoms with van der Waals surface area (Å²) in [6, 6.07) is 7.49. The number of aromatic nitrogens is 1. The number of nitrogens with zero attached hydrogens (tertiary/aromatic N) is 1. The number of aliphatic hydroxyl groups is 1. The number of hydrogen-bond donors (Lipinski definition) is 2. The minimum Gasteiger partial charge on any atom is -0.395 e. The van der Waals surface area contributed by atoms with Crippen molar-refractivity contribution >= 4 is 40.2 Å². The van der Waals surface area contributed by atoms with Gasteiger partial charge in [0.05, 0.1) is 11.6 Å². The molecule has 114 valence electrons. The molecule has 0 radical (unpaired) electrons. The van der Waals surface area contributed by atoms with Gasteiger partial charge in [0, 0.05) is 29.2 Å². The van der Waals surface area contributed by atoms with Crippen LogP contribution < -0.4 is 5.32 Å². The standard InChI is InChI=1S/C15H19ClN2O2S/c1-9(12(8-19)21-3)17-15(20)14-13(16)10-6-4-5-7-11(10)18(14)2/h4-7,9,12,19H,8H2,1-3H3,(H,17,20). The highest BCUT2D eigenvalue weighted by atomic mass is 35.5. The minimum absolute atomic E-state index is 0.0193. The van der Waals surface area contributed by atoms with Gasteiger partial charge in [-0.3, -0.25) is 4.79 Å². The second-order valence-electron chi connectivity index (χ2n) is 4.96. The summed E-state index contributed by atoms with van der Waals surface area (Å²) in [5.41, 5.74) is 1.37. The van der Waals surface area contributed by atoms with Crippen molar-refractivity contribution in [1.29, 1.82) is 0 Å². The van der Waals surface area contributed by atoms with Crippen molar-refractivity contribution in [3.05, 3.63) is 35.0 Å². The summed E-state index contributed by atoms with van der Waals surface area (Å²) < 4.78 is 1.80. The number of aliphatic hydroxyl groups excluding tert-OH is 1. The lowest BCUT2D eigenvalue weighted by Gasteiger charge is -2.21. The lowest BCUT2D eigenvalue weighted by Crippen LogP contribution is -2.41. The zero-order chi connectivity index (χ0) is 15.6. The number of nitrogens with one attached hydrogen (secondary N) is 1. The van der Waals surface area contributed by atoms with Crippen LogP contribution in [0.25, 0.3) is 10.9 Å². The molecule has 1 aromatic heterocycles. The number of carbonyl (C=O) groups excluding carboxylic acids is 1. The second kappa shape index (κ2) is 6.73. The van der Waals surface area contributed by atoms with Gasteiger partial charge in [0.25, 0.3) is 5.91 Å². The van der Waals surface area contributed by atoms with Crippen molar-refractivity contribution < 1.29 is 9.90 Å². The highest BCUT2D eigenvalue weighted by molar-refractivity contribution is 7.99. The monoisotopic (exact) mass is 326 g/mol. The number of amides is 1. The Hall–Kier alpha value is -1.17.